The Balaban J connectivity index is 2.39. The van der Waals surface area contributed by atoms with Crippen molar-refractivity contribution < 1.29 is 4.39 Å². The van der Waals surface area contributed by atoms with E-state index in [0.717, 1.165) is 0 Å². The van der Waals surface area contributed by atoms with Crippen molar-refractivity contribution in [2.24, 2.45) is 0 Å². The highest BCUT2D eigenvalue weighted by atomic mass is 35.5. The van der Waals surface area contributed by atoms with Crippen LogP contribution in [0.15, 0.2) is 30.3 Å². The Morgan fingerprint density at radius 1 is 1.05 bits per heavy atom. The normalized spacial score (nSPS) is 11.2. The lowest BCUT2D eigenvalue weighted by atomic mass is 10.2. The summed E-state index contributed by atoms with van der Waals surface area (Å²) in [6.45, 7) is 0. The van der Waals surface area contributed by atoms with E-state index in [9.17, 15) is 4.39 Å². The van der Waals surface area contributed by atoms with E-state index in [-0.39, 0.29) is 5.02 Å². The van der Waals surface area contributed by atoms with Crippen LogP contribution in [-0.2, 0) is 0 Å². The molecule has 0 aliphatic heterocycles. The largest absolute Gasteiger partial charge is 0.330 e. The van der Waals surface area contributed by atoms with Gasteiger partial charge in [-0.2, -0.15) is 0 Å². The van der Waals surface area contributed by atoms with Gasteiger partial charge in [0, 0.05) is 11.1 Å². The molecular formula is C13H6Cl3FN2S. The SMILES string of the molecule is Fc1cc2c(cc1Cl)[nH]c(=S)n2-c1ccc(Cl)cc1Cl. The van der Waals surface area contributed by atoms with Gasteiger partial charge < -0.3 is 4.98 Å². The maximum absolute atomic E-state index is 13.7. The van der Waals surface area contributed by atoms with Gasteiger partial charge in [0.2, 0.25) is 0 Å². The van der Waals surface area contributed by atoms with E-state index < -0.39 is 5.82 Å². The molecule has 0 fully saturated rings. The first-order valence-electron chi connectivity index (χ1n) is 5.52. The Kier molecular flexibility index (Phi) is 3.50. The van der Waals surface area contributed by atoms with Crippen molar-refractivity contribution in [3.63, 3.8) is 0 Å². The molecule has 0 unspecified atom stereocenters. The second-order valence-electron chi connectivity index (χ2n) is 4.14. The maximum Gasteiger partial charge on any atom is 0.182 e. The molecule has 3 rings (SSSR count). The van der Waals surface area contributed by atoms with Crippen molar-refractivity contribution in [2.45, 2.75) is 0 Å². The molecule has 1 N–H and O–H groups in total. The Bertz CT molecular complexity index is 885. The first-order valence-corrected chi connectivity index (χ1v) is 7.07. The fraction of sp³-hybridized carbons (Fsp3) is 0. The summed E-state index contributed by atoms with van der Waals surface area (Å²) >= 11 is 23.1. The molecule has 0 aliphatic carbocycles. The van der Waals surface area contributed by atoms with Crippen molar-refractivity contribution in [1.29, 1.82) is 0 Å². The Labute approximate surface area is 133 Å². The number of halogens is 4. The molecule has 0 spiro atoms. The van der Waals surface area contributed by atoms with Crippen molar-refractivity contribution in [3.8, 4) is 5.69 Å². The molecule has 7 heteroatoms. The number of rotatable bonds is 1. The van der Waals surface area contributed by atoms with Gasteiger partial charge in [0.05, 0.1) is 26.8 Å². The molecule has 0 radical (unpaired) electrons. The maximum atomic E-state index is 13.7. The zero-order chi connectivity index (χ0) is 14.4. The summed E-state index contributed by atoms with van der Waals surface area (Å²) in [5, 5.41) is 0.965. The standard InChI is InChI=1S/C13H6Cl3FN2S/c14-6-1-2-11(8(16)3-6)19-12-5-9(17)7(15)4-10(12)18-13(19)20/h1-5H,(H,18,20). The van der Waals surface area contributed by atoms with Gasteiger partial charge in [0.1, 0.15) is 5.82 Å². The number of imidazole rings is 1. The van der Waals surface area contributed by atoms with Crippen LogP contribution in [0.5, 0.6) is 0 Å². The van der Waals surface area contributed by atoms with Gasteiger partial charge in [-0.3, -0.25) is 4.57 Å². The number of aromatic amines is 1. The zero-order valence-electron chi connectivity index (χ0n) is 9.75. The van der Waals surface area contributed by atoms with E-state index >= 15 is 0 Å². The van der Waals surface area contributed by atoms with Crippen LogP contribution in [0.3, 0.4) is 0 Å². The highest BCUT2D eigenvalue weighted by molar-refractivity contribution is 7.71. The van der Waals surface area contributed by atoms with E-state index in [0.29, 0.717) is 31.5 Å². The first kappa shape index (κ1) is 13.9. The predicted molar refractivity (Wildman–Crippen MR) is 83.4 cm³/mol. The second kappa shape index (κ2) is 5.04. The second-order valence-corrected chi connectivity index (χ2v) is 5.78. The van der Waals surface area contributed by atoms with E-state index in [2.05, 4.69) is 4.98 Å². The van der Waals surface area contributed by atoms with Gasteiger partial charge in [0.15, 0.2) is 4.77 Å². The van der Waals surface area contributed by atoms with Crippen LogP contribution in [-0.4, -0.2) is 9.55 Å². The van der Waals surface area contributed by atoms with Gasteiger partial charge in [-0.05, 0) is 36.5 Å². The molecule has 3 aromatic rings. The lowest BCUT2D eigenvalue weighted by Crippen LogP contribution is -1.95. The minimum atomic E-state index is -0.521. The summed E-state index contributed by atoms with van der Waals surface area (Å²) < 4.78 is 15.7. The molecule has 20 heavy (non-hydrogen) atoms. The third-order valence-corrected chi connectivity index (χ3v) is 3.99. The van der Waals surface area contributed by atoms with Crippen molar-refractivity contribution in [1.82, 2.24) is 9.55 Å². The number of fused-ring (bicyclic) bond motifs is 1. The Hall–Kier alpha value is -1.07. The molecule has 0 saturated heterocycles. The van der Waals surface area contributed by atoms with Crippen molar-refractivity contribution >= 4 is 58.1 Å². The quantitative estimate of drug-likeness (QED) is 0.553. The summed E-state index contributed by atoms with van der Waals surface area (Å²) in [4.78, 5) is 2.97. The van der Waals surface area contributed by atoms with E-state index in [1.54, 1.807) is 22.8 Å². The summed E-state index contributed by atoms with van der Waals surface area (Å²) in [7, 11) is 0. The summed E-state index contributed by atoms with van der Waals surface area (Å²) in [5.74, 6) is -0.521. The van der Waals surface area contributed by atoms with Crippen LogP contribution in [0, 0.1) is 10.6 Å². The van der Waals surface area contributed by atoms with Gasteiger partial charge in [-0.25, -0.2) is 4.39 Å². The molecule has 1 aromatic heterocycles. The molecule has 0 amide bonds. The monoisotopic (exact) mass is 346 g/mol. The smallest absolute Gasteiger partial charge is 0.182 e. The number of aromatic nitrogens is 2. The van der Waals surface area contributed by atoms with Gasteiger partial charge in [0.25, 0.3) is 0 Å². The average Bonchev–Trinajstić information content (AvgIpc) is 2.66. The van der Waals surface area contributed by atoms with Crippen molar-refractivity contribution in [3.05, 3.63) is 56.0 Å². The molecular weight excluding hydrogens is 342 g/mol. The molecule has 0 saturated carbocycles. The molecule has 2 nitrogen and oxygen atoms in total. The number of hydrogen-bond acceptors (Lipinski definition) is 1. The number of hydrogen-bond donors (Lipinski definition) is 1. The van der Waals surface area contributed by atoms with E-state index in [1.165, 1.54) is 12.1 Å². The number of benzene rings is 2. The topological polar surface area (TPSA) is 20.7 Å². The minimum absolute atomic E-state index is 0.0307. The Morgan fingerprint density at radius 2 is 1.80 bits per heavy atom. The van der Waals surface area contributed by atoms with E-state index in [4.69, 9.17) is 47.0 Å². The lowest BCUT2D eigenvalue weighted by Gasteiger charge is -2.07. The fourth-order valence-electron chi connectivity index (χ4n) is 2.00. The van der Waals surface area contributed by atoms with Crippen LogP contribution in [0.25, 0.3) is 16.7 Å². The van der Waals surface area contributed by atoms with Crippen LogP contribution in [0.4, 0.5) is 4.39 Å². The van der Waals surface area contributed by atoms with Crippen LogP contribution >= 0.6 is 47.0 Å². The fourth-order valence-corrected chi connectivity index (χ4v) is 2.97. The highest BCUT2D eigenvalue weighted by Gasteiger charge is 2.12. The third kappa shape index (κ3) is 2.23. The van der Waals surface area contributed by atoms with Crippen LogP contribution in [0.1, 0.15) is 0 Å². The molecule has 0 atom stereocenters. The highest BCUT2D eigenvalue weighted by Crippen LogP contribution is 2.30. The summed E-state index contributed by atoms with van der Waals surface area (Å²) in [6.07, 6.45) is 0. The average molecular weight is 348 g/mol. The third-order valence-electron chi connectivity index (χ3n) is 2.87. The number of nitrogens with zero attached hydrogens (tertiary/aromatic N) is 1. The van der Waals surface area contributed by atoms with Gasteiger partial charge in [-0.15, -0.1) is 0 Å². The summed E-state index contributed by atoms with van der Waals surface area (Å²) in [5.41, 5.74) is 1.81. The predicted octanol–water partition coefficient (Wildman–Crippen LogP) is 5.79. The van der Waals surface area contributed by atoms with Crippen LogP contribution < -0.4 is 0 Å². The number of H-pyrrole nitrogens is 1. The lowest BCUT2D eigenvalue weighted by molar-refractivity contribution is 0.629. The summed E-state index contributed by atoms with van der Waals surface area (Å²) in [6, 6.07) is 7.82. The molecule has 0 aliphatic rings. The van der Waals surface area contributed by atoms with Crippen LogP contribution in [0.2, 0.25) is 15.1 Å². The molecule has 2 aromatic carbocycles. The number of nitrogens with one attached hydrogen (secondary N) is 1. The Morgan fingerprint density at radius 3 is 2.50 bits per heavy atom. The molecule has 0 bridgehead atoms. The molecule has 102 valence electrons. The first-order chi connectivity index (χ1) is 9.47. The minimum Gasteiger partial charge on any atom is -0.330 e. The van der Waals surface area contributed by atoms with Gasteiger partial charge >= 0.3 is 0 Å². The van der Waals surface area contributed by atoms with Gasteiger partial charge in [-0.1, -0.05) is 34.8 Å². The zero-order valence-corrected chi connectivity index (χ0v) is 12.8. The van der Waals surface area contributed by atoms with E-state index in [1.807, 2.05) is 0 Å². The molecule has 1 heterocycles. The van der Waals surface area contributed by atoms with Crippen molar-refractivity contribution in [2.75, 3.05) is 0 Å².